The Morgan fingerprint density at radius 3 is 2.43 bits per heavy atom. The van der Waals surface area contributed by atoms with Gasteiger partial charge in [0.1, 0.15) is 5.75 Å². The van der Waals surface area contributed by atoms with E-state index in [2.05, 4.69) is 29.8 Å². The van der Waals surface area contributed by atoms with Crippen LogP contribution in [0.3, 0.4) is 0 Å². The summed E-state index contributed by atoms with van der Waals surface area (Å²) in [6, 6.07) is 13.2. The largest absolute Gasteiger partial charge is 0.496 e. The molecule has 0 fully saturated rings. The zero-order chi connectivity index (χ0) is 27.5. The van der Waals surface area contributed by atoms with Crippen LogP contribution in [0.15, 0.2) is 47.4 Å². The fraction of sp³-hybridized carbons (Fsp3) is 0.481. The molecule has 0 unspecified atom stereocenters. The van der Waals surface area contributed by atoms with Crippen LogP contribution in [-0.4, -0.2) is 52.5 Å². The minimum absolute atomic E-state index is 0.0325. The smallest absolute Gasteiger partial charge is 0.373 e. The number of hydrogen-bond acceptors (Lipinski definition) is 8. The van der Waals surface area contributed by atoms with Gasteiger partial charge in [0.2, 0.25) is 5.91 Å². The van der Waals surface area contributed by atoms with Crippen LogP contribution >= 0.6 is 0 Å². The maximum atomic E-state index is 13.8. The van der Waals surface area contributed by atoms with Gasteiger partial charge in [-0.1, -0.05) is 57.0 Å². The Hall–Kier alpha value is -3.04. The molecule has 0 radical (unpaired) electrons. The molecule has 1 aliphatic heterocycles. The molecule has 2 aromatic carbocycles. The zero-order valence-electron chi connectivity index (χ0n) is 21.9. The first-order valence-corrected chi connectivity index (χ1v) is 14.0. The molecule has 9 nitrogen and oxygen atoms in total. The number of sulfone groups is 1. The summed E-state index contributed by atoms with van der Waals surface area (Å²) in [5.74, 6) is 0.416. The van der Waals surface area contributed by atoms with Gasteiger partial charge in [0.05, 0.1) is 30.3 Å². The van der Waals surface area contributed by atoms with E-state index >= 15 is 0 Å². The fourth-order valence-corrected chi connectivity index (χ4v) is 6.85. The van der Waals surface area contributed by atoms with E-state index in [0.29, 0.717) is 28.2 Å². The quantitative estimate of drug-likeness (QED) is 0.427. The summed E-state index contributed by atoms with van der Waals surface area (Å²) < 4.78 is 33.3. The van der Waals surface area contributed by atoms with Crippen molar-refractivity contribution in [2.75, 3.05) is 26.5 Å². The van der Waals surface area contributed by atoms with E-state index in [1.165, 1.54) is 0 Å². The van der Waals surface area contributed by atoms with Crippen molar-refractivity contribution in [1.29, 1.82) is 0 Å². The van der Waals surface area contributed by atoms with Crippen LogP contribution in [0, 0.1) is 0 Å². The molecule has 0 aromatic heterocycles. The summed E-state index contributed by atoms with van der Waals surface area (Å²) in [6.45, 7) is 4.55. The van der Waals surface area contributed by atoms with Crippen LogP contribution in [-0.2, 0) is 30.8 Å². The Bertz CT molecular complexity index is 1180. The number of fused-ring (bicyclic) bond motifs is 1. The van der Waals surface area contributed by atoms with Crippen molar-refractivity contribution in [1.82, 2.24) is 16.0 Å². The van der Waals surface area contributed by atoms with Gasteiger partial charge in [-0.15, -0.1) is 0 Å². The Morgan fingerprint density at radius 2 is 1.86 bits per heavy atom. The number of methoxy groups -OCH3 is 1. The molecule has 1 amide bonds. The van der Waals surface area contributed by atoms with Crippen molar-refractivity contribution in [3.63, 3.8) is 0 Å². The van der Waals surface area contributed by atoms with E-state index in [9.17, 15) is 13.2 Å². The topological polar surface area (TPSA) is 131 Å². The molecule has 2 aromatic rings. The van der Waals surface area contributed by atoms with Crippen molar-refractivity contribution < 1.29 is 27.5 Å². The average Bonchev–Trinajstić information content (AvgIpc) is 2.98. The number of nitrogens with one attached hydrogen (secondary N) is 3. The van der Waals surface area contributed by atoms with E-state index in [-0.39, 0.29) is 36.9 Å². The van der Waals surface area contributed by atoms with Gasteiger partial charge in [-0.05, 0) is 43.1 Å². The number of unbranched alkanes of at least 4 members (excludes halogenated alkanes) is 1. The molecule has 0 saturated heterocycles. The lowest BCUT2D eigenvalue weighted by Crippen LogP contribution is -2.50. The van der Waals surface area contributed by atoms with Crippen molar-refractivity contribution in [3.8, 4) is 5.75 Å². The lowest BCUT2D eigenvalue weighted by Gasteiger charge is -2.36. The number of ether oxygens (including phenoxy) is 1. The Labute approximate surface area is 219 Å². The number of carbonyl (C=O) groups excluding carboxylic acids is 3. The maximum Gasteiger partial charge on any atom is 0.373 e. The van der Waals surface area contributed by atoms with Crippen LogP contribution in [0.25, 0.3) is 0 Å². The van der Waals surface area contributed by atoms with Gasteiger partial charge in [-0.3, -0.25) is 10.1 Å². The third-order valence-electron chi connectivity index (χ3n) is 6.61. The number of carbonyl (C=O) groups is 1. The number of benzene rings is 2. The molecule has 37 heavy (non-hydrogen) atoms. The fourth-order valence-electron chi connectivity index (χ4n) is 4.67. The second-order valence-corrected chi connectivity index (χ2v) is 11.0. The second kappa shape index (κ2) is 14.0. The first-order valence-electron chi connectivity index (χ1n) is 12.4. The van der Waals surface area contributed by atoms with Crippen LogP contribution in [0.2, 0.25) is 0 Å². The number of hydrogen-bond donors (Lipinski definition) is 3. The normalized spacial score (nSPS) is 19.8. The van der Waals surface area contributed by atoms with Gasteiger partial charge in [0, 0.05) is 17.6 Å². The maximum absolute atomic E-state index is 13.8. The molecule has 0 aliphatic carbocycles. The predicted octanol–water partition coefficient (Wildman–Crippen LogP) is 2.75. The summed E-state index contributed by atoms with van der Waals surface area (Å²) in [7, 11) is -0.346. The molecule has 202 valence electrons. The molecule has 1 heterocycles. The molecule has 0 saturated carbocycles. The first kappa shape index (κ1) is 30.2. The van der Waals surface area contributed by atoms with Gasteiger partial charge in [0.25, 0.3) is 0 Å². The standard InChI is InChI=1S/C26H37N3O4S.CO2/c1-5-7-13-26(6-2)18-34(31,32)23-14-20(16-28-24(30)17-27-3)22(33-4)15-21(23)25(29-26)19-11-9-8-10-12-19;2-1-3/h8-12,14-15,25,27,29H,5-7,13,16-18H2,1-4H3,(H,28,30);/t25-,26-;/m1./s1. The third-order valence-corrected chi connectivity index (χ3v) is 8.56. The molecule has 3 rings (SSSR count). The van der Waals surface area contributed by atoms with Crippen molar-refractivity contribution in [2.24, 2.45) is 0 Å². The van der Waals surface area contributed by atoms with Crippen LogP contribution in [0.5, 0.6) is 5.75 Å². The minimum atomic E-state index is -3.61. The molecule has 10 heteroatoms. The highest BCUT2D eigenvalue weighted by atomic mass is 32.2. The molecule has 3 N–H and O–H groups in total. The van der Waals surface area contributed by atoms with Crippen molar-refractivity contribution >= 4 is 21.9 Å². The summed E-state index contributed by atoms with van der Waals surface area (Å²) in [5.41, 5.74) is 1.79. The average molecular weight is 532 g/mol. The van der Waals surface area contributed by atoms with Gasteiger partial charge < -0.3 is 15.4 Å². The predicted molar refractivity (Wildman–Crippen MR) is 140 cm³/mol. The summed E-state index contributed by atoms with van der Waals surface area (Å²) >= 11 is 0. The van der Waals surface area contributed by atoms with E-state index in [0.717, 1.165) is 24.8 Å². The Balaban J connectivity index is 0.00000153. The Morgan fingerprint density at radius 1 is 1.19 bits per heavy atom. The molecule has 2 atom stereocenters. The highest BCUT2D eigenvalue weighted by Crippen LogP contribution is 2.40. The van der Waals surface area contributed by atoms with E-state index in [1.54, 1.807) is 20.2 Å². The number of rotatable bonds is 10. The highest BCUT2D eigenvalue weighted by molar-refractivity contribution is 7.91. The van der Waals surface area contributed by atoms with Gasteiger partial charge >= 0.3 is 6.15 Å². The SMILES string of the molecule is CCCC[C@]1(CC)CS(=O)(=O)c2cc(CNC(=O)CNC)c(OC)cc2[C@@H](c2ccccc2)N1.O=C=O. The van der Waals surface area contributed by atoms with Crippen molar-refractivity contribution in [2.45, 2.75) is 62.6 Å². The van der Waals surface area contributed by atoms with Crippen LogP contribution in [0.1, 0.15) is 62.3 Å². The second-order valence-electron chi connectivity index (χ2n) is 9.08. The summed E-state index contributed by atoms with van der Waals surface area (Å²) in [4.78, 5) is 28.6. The molecular formula is C27H37N3O6S. The van der Waals surface area contributed by atoms with E-state index in [1.807, 2.05) is 36.4 Å². The van der Waals surface area contributed by atoms with Crippen molar-refractivity contribution in [3.05, 3.63) is 59.2 Å². The molecular weight excluding hydrogens is 494 g/mol. The summed E-state index contributed by atoms with van der Waals surface area (Å²) in [5, 5.41) is 9.41. The number of amides is 1. The van der Waals surface area contributed by atoms with Gasteiger partial charge in [-0.2, -0.15) is 9.59 Å². The lowest BCUT2D eigenvalue weighted by atomic mass is 9.88. The van der Waals surface area contributed by atoms with Gasteiger partial charge in [-0.25, -0.2) is 8.42 Å². The first-order chi connectivity index (χ1) is 17.7. The van der Waals surface area contributed by atoms with E-state index < -0.39 is 15.4 Å². The molecule has 0 spiro atoms. The minimum Gasteiger partial charge on any atom is -0.496 e. The Kier molecular flexibility index (Phi) is 11.5. The highest BCUT2D eigenvalue weighted by Gasteiger charge is 2.42. The van der Waals surface area contributed by atoms with Crippen LogP contribution < -0.4 is 20.7 Å². The zero-order valence-corrected chi connectivity index (χ0v) is 22.7. The lowest BCUT2D eigenvalue weighted by molar-refractivity contribution is -0.191. The molecule has 0 bridgehead atoms. The summed E-state index contributed by atoms with van der Waals surface area (Å²) in [6.07, 6.45) is 3.67. The monoisotopic (exact) mass is 531 g/mol. The van der Waals surface area contributed by atoms with Gasteiger partial charge in [0.15, 0.2) is 9.84 Å². The number of likely N-dealkylation sites (N-methyl/N-ethyl adjacent to an activating group) is 1. The molecule has 1 aliphatic rings. The van der Waals surface area contributed by atoms with Crippen LogP contribution in [0.4, 0.5) is 0 Å². The third kappa shape index (κ3) is 7.72. The van der Waals surface area contributed by atoms with E-state index in [4.69, 9.17) is 14.3 Å².